The molecule has 4 nitrogen and oxygen atoms in total. The Balaban J connectivity index is 1.94. The van der Waals surface area contributed by atoms with Crippen molar-refractivity contribution in [2.24, 2.45) is 0 Å². The Bertz CT molecular complexity index is 876. The van der Waals surface area contributed by atoms with E-state index in [1.807, 2.05) is 69.4 Å². The Morgan fingerprint density at radius 3 is 2.50 bits per heavy atom. The van der Waals surface area contributed by atoms with Crippen molar-refractivity contribution in [1.82, 2.24) is 4.98 Å². The summed E-state index contributed by atoms with van der Waals surface area (Å²) in [5.41, 5.74) is 3.21. The molecule has 0 unspecified atom stereocenters. The quantitative estimate of drug-likeness (QED) is 0.748. The van der Waals surface area contributed by atoms with Crippen molar-refractivity contribution in [1.29, 1.82) is 0 Å². The molecule has 0 aliphatic carbocycles. The summed E-state index contributed by atoms with van der Waals surface area (Å²) in [6.45, 7) is 5.88. The lowest BCUT2D eigenvalue weighted by atomic mass is 9.83. The number of aryl methyl sites for hydroxylation is 1. The molecule has 0 bridgehead atoms. The lowest BCUT2D eigenvalue weighted by Gasteiger charge is -2.23. The largest absolute Gasteiger partial charge is 0.497 e. The second kappa shape index (κ2) is 6.04. The van der Waals surface area contributed by atoms with Crippen molar-refractivity contribution in [3.05, 3.63) is 59.8 Å². The number of ether oxygens (including phenoxy) is 1. The lowest BCUT2D eigenvalue weighted by Crippen LogP contribution is -2.34. The molecule has 24 heavy (non-hydrogen) atoms. The first-order chi connectivity index (χ1) is 11.4. The minimum absolute atomic E-state index is 0.0462. The van der Waals surface area contributed by atoms with Gasteiger partial charge in [-0.15, -0.1) is 0 Å². The van der Waals surface area contributed by atoms with E-state index in [1.54, 1.807) is 7.11 Å². The molecule has 124 valence electrons. The highest BCUT2D eigenvalue weighted by atomic mass is 16.5. The number of aromatic nitrogens is 1. The third-order valence-electron chi connectivity index (χ3n) is 4.44. The summed E-state index contributed by atoms with van der Waals surface area (Å²) < 4.78 is 5.31. The molecule has 1 amide bonds. The summed E-state index contributed by atoms with van der Waals surface area (Å²) >= 11 is 0. The van der Waals surface area contributed by atoms with Gasteiger partial charge in [-0.1, -0.05) is 17.7 Å². The molecule has 0 fully saturated rings. The number of carbonyl (C=O) groups is 1. The Morgan fingerprint density at radius 2 is 1.83 bits per heavy atom. The van der Waals surface area contributed by atoms with Crippen LogP contribution in [-0.2, 0) is 10.2 Å². The number of amides is 1. The van der Waals surface area contributed by atoms with Gasteiger partial charge in [0.2, 0.25) is 5.91 Å². The molecule has 0 saturated carbocycles. The van der Waals surface area contributed by atoms with E-state index in [0.717, 1.165) is 33.5 Å². The predicted molar refractivity (Wildman–Crippen MR) is 97.7 cm³/mol. The summed E-state index contributed by atoms with van der Waals surface area (Å²) in [6.07, 6.45) is 1.90. The molecule has 4 heteroatoms. The molecule has 1 heterocycles. The van der Waals surface area contributed by atoms with Crippen molar-refractivity contribution < 1.29 is 9.53 Å². The van der Waals surface area contributed by atoms with Gasteiger partial charge in [-0.3, -0.25) is 4.79 Å². The van der Waals surface area contributed by atoms with E-state index in [2.05, 4.69) is 10.3 Å². The van der Waals surface area contributed by atoms with E-state index >= 15 is 0 Å². The van der Waals surface area contributed by atoms with Crippen molar-refractivity contribution in [3.63, 3.8) is 0 Å². The van der Waals surface area contributed by atoms with Crippen LogP contribution in [0.4, 0.5) is 5.69 Å². The highest BCUT2D eigenvalue weighted by Gasteiger charge is 2.32. The monoisotopic (exact) mass is 322 g/mol. The number of rotatable bonds is 4. The third kappa shape index (κ3) is 2.87. The first kappa shape index (κ1) is 16.1. The van der Waals surface area contributed by atoms with Crippen LogP contribution in [0.3, 0.4) is 0 Å². The van der Waals surface area contributed by atoms with Crippen LogP contribution in [0.25, 0.3) is 10.9 Å². The minimum Gasteiger partial charge on any atom is -0.497 e. The normalized spacial score (nSPS) is 11.5. The number of hydrogen-bond acceptors (Lipinski definition) is 2. The number of methoxy groups -OCH3 is 1. The van der Waals surface area contributed by atoms with Gasteiger partial charge >= 0.3 is 0 Å². The Labute approximate surface area is 141 Å². The van der Waals surface area contributed by atoms with Crippen LogP contribution >= 0.6 is 0 Å². The lowest BCUT2D eigenvalue weighted by molar-refractivity contribution is -0.120. The maximum absolute atomic E-state index is 12.9. The SMILES string of the molecule is COc1ccc2[nH]cc(C(C)(C)C(=O)Nc3ccc(C)cc3)c2c1. The summed E-state index contributed by atoms with van der Waals surface area (Å²) in [5, 5.41) is 4.01. The van der Waals surface area contributed by atoms with E-state index in [-0.39, 0.29) is 5.91 Å². The summed E-state index contributed by atoms with van der Waals surface area (Å²) in [7, 11) is 1.64. The van der Waals surface area contributed by atoms with Crippen LogP contribution in [-0.4, -0.2) is 18.0 Å². The van der Waals surface area contributed by atoms with Gasteiger partial charge in [0, 0.05) is 22.8 Å². The second-order valence-electron chi connectivity index (χ2n) is 6.56. The molecule has 0 spiro atoms. The molecule has 0 saturated heterocycles. The molecule has 2 N–H and O–H groups in total. The van der Waals surface area contributed by atoms with Crippen molar-refractivity contribution in [2.75, 3.05) is 12.4 Å². The molecule has 2 aromatic carbocycles. The first-order valence-electron chi connectivity index (χ1n) is 7.95. The molecule has 0 atom stereocenters. The topological polar surface area (TPSA) is 54.1 Å². The summed E-state index contributed by atoms with van der Waals surface area (Å²) in [5.74, 6) is 0.730. The maximum Gasteiger partial charge on any atom is 0.234 e. The Hall–Kier alpha value is -2.75. The maximum atomic E-state index is 12.9. The average Bonchev–Trinajstić information content (AvgIpc) is 3.00. The standard InChI is InChI=1S/C20H22N2O2/c1-13-5-7-14(8-6-13)22-19(23)20(2,3)17-12-21-18-10-9-15(24-4)11-16(17)18/h5-12,21H,1-4H3,(H,22,23). The van der Waals surface area contributed by atoms with Crippen molar-refractivity contribution >= 4 is 22.5 Å². The zero-order valence-corrected chi connectivity index (χ0v) is 14.4. The fraction of sp³-hybridized carbons (Fsp3) is 0.250. The Morgan fingerprint density at radius 1 is 1.12 bits per heavy atom. The second-order valence-corrected chi connectivity index (χ2v) is 6.56. The van der Waals surface area contributed by atoms with Gasteiger partial charge in [0.25, 0.3) is 0 Å². The van der Waals surface area contributed by atoms with Gasteiger partial charge in [0.05, 0.1) is 12.5 Å². The minimum atomic E-state index is -0.685. The highest BCUT2D eigenvalue weighted by Crippen LogP contribution is 2.33. The number of carbonyl (C=O) groups excluding carboxylic acids is 1. The number of fused-ring (bicyclic) bond motifs is 1. The van der Waals surface area contributed by atoms with Crippen LogP contribution < -0.4 is 10.1 Å². The zero-order valence-electron chi connectivity index (χ0n) is 14.4. The first-order valence-corrected chi connectivity index (χ1v) is 7.95. The van der Waals surface area contributed by atoms with Crippen LogP contribution in [0, 0.1) is 6.92 Å². The van der Waals surface area contributed by atoms with Gasteiger partial charge in [-0.05, 0) is 56.7 Å². The van der Waals surface area contributed by atoms with Crippen LogP contribution in [0.5, 0.6) is 5.75 Å². The number of nitrogens with one attached hydrogen (secondary N) is 2. The van der Waals surface area contributed by atoms with Crippen LogP contribution in [0.2, 0.25) is 0 Å². The van der Waals surface area contributed by atoms with E-state index < -0.39 is 5.41 Å². The molecule has 0 aliphatic heterocycles. The zero-order chi connectivity index (χ0) is 17.3. The number of anilines is 1. The number of aromatic amines is 1. The third-order valence-corrected chi connectivity index (χ3v) is 4.44. The van der Waals surface area contributed by atoms with Gasteiger partial charge in [-0.2, -0.15) is 0 Å². The van der Waals surface area contributed by atoms with E-state index in [4.69, 9.17) is 4.74 Å². The molecular weight excluding hydrogens is 300 g/mol. The van der Waals surface area contributed by atoms with Crippen molar-refractivity contribution in [3.8, 4) is 5.75 Å². The average molecular weight is 322 g/mol. The van der Waals surface area contributed by atoms with E-state index in [0.29, 0.717) is 0 Å². The molecule has 1 aromatic heterocycles. The molecule has 0 aliphatic rings. The van der Waals surface area contributed by atoms with Gasteiger partial charge < -0.3 is 15.0 Å². The number of benzene rings is 2. The van der Waals surface area contributed by atoms with Gasteiger partial charge in [0.1, 0.15) is 5.75 Å². The molecular formula is C20H22N2O2. The van der Waals surface area contributed by atoms with E-state index in [1.165, 1.54) is 0 Å². The molecule has 3 aromatic rings. The van der Waals surface area contributed by atoms with Gasteiger partial charge in [-0.25, -0.2) is 0 Å². The van der Waals surface area contributed by atoms with Crippen LogP contribution in [0.1, 0.15) is 25.0 Å². The number of hydrogen-bond donors (Lipinski definition) is 2. The summed E-state index contributed by atoms with van der Waals surface area (Å²) in [4.78, 5) is 16.1. The fourth-order valence-electron chi connectivity index (χ4n) is 2.79. The molecule has 3 rings (SSSR count). The van der Waals surface area contributed by atoms with Gasteiger partial charge in [0.15, 0.2) is 0 Å². The van der Waals surface area contributed by atoms with Crippen molar-refractivity contribution in [2.45, 2.75) is 26.2 Å². The fourth-order valence-corrected chi connectivity index (χ4v) is 2.79. The number of H-pyrrole nitrogens is 1. The predicted octanol–water partition coefficient (Wildman–Crippen LogP) is 4.40. The van der Waals surface area contributed by atoms with E-state index in [9.17, 15) is 4.79 Å². The summed E-state index contributed by atoms with van der Waals surface area (Å²) in [6, 6.07) is 13.6. The van der Waals surface area contributed by atoms with Crippen LogP contribution in [0.15, 0.2) is 48.7 Å². The smallest absolute Gasteiger partial charge is 0.234 e. The Kier molecular flexibility index (Phi) is 4.06. The molecule has 0 radical (unpaired) electrons. The highest BCUT2D eigenvalue weighted by molar-refractivity contribution is 6.02.